The molecule has 1 aliphatic heterocycles. The van der Waals surface area contributed by atoms with Gasteiger partial charge < -0.3 is 13.9 Å². The van der Waals surface area contributed by atoms with Crippen LogP contribution >= 0.6 is 0 Å². The molecule has 0 bridgehead atoms. The van der Waals surface area contributed by atoms with Gasteiger partial charge in [0.2, 0.25) is 0 Å². The molecule has 0 spiro atoms. The minimum Gasteiger partial charge on any atom is -0.419 e. The monoisotopic (exact) mass is 204 g/mol. The van der Waals surface area contributed by atoms with Gasteiger partial charge in [0.05, 0.1) is 13.2 Å². The second-order valence-corrected chi connectivity index (χ2v) is 5.75. The number of rotatable bonds is 6. The van der Waals surface area contributed by atoms with E-state index in [1.807, 2.05) is 0 Å². The highest BCUT2D eigenvalue weighted by Crippen LogP contribution is 2.09. The number of epoxide rings is 1. The lowest BCUT2D eigenvalue weighted by Gasteiger charge is -2.19. The first-order valence-electron chi connectivity index (χ1n) is 4.91. The van der Waals surface area contributed by atoms with Crippen molar-refractivity contribution in [2.75, 3.05) is 19.8 Å². The summed E-state index contributed by atoms with van der Waals surface area (Å²) in [6.07, 6.45) is 0.394. The predicted octanol–water partition coefficient (Wildman–Crippen LogP) is 0.719. The third-order valence-electron chi connectivity index (χ3n) is 1.67. The van der Waals surface area contributed by atoms with Crippen molar-refractivity contribution in [2.45, 2.75) is 38.5 Å². The van der Waals surface area contributed by atoms with E-state index in [1.165, 1.54) is 0 Å². The van der Waals surface area contributed by atoms with Crippen molar-refractivity contribution in [3.8, 4) is 0 Å². The number of hydrogen-bond acceptors (Lipinski definition) is 3. The molecule has 0 radical (unpaired) electrons. The Morgan fingerprint density at radius 2 is 2.15 bits per heavy atom. The van der Waals surface area contributed by atoms with E-state index in [0.717, 1.165) is 25.9 Å². The molecular formula is C9H20O3Si. The molecule has 1 rings (SSSR count). The van der Waals surface area contributed by atoms with Gasteiger partial charge in [0.15, 0.2) is 9.76 Å². The summed E-state index contributed by atoms with van der Waals surface area (Å²) >= 11 is 0. The number of ether oxygens (including phenoxy) is 2. The molecule has 0 saturated carbocycles. The molecule has 1 fully saturated rings. The van der Waals surface area contributed by atoms with Gasteiger partial charge in [-0.3, -0.25) is 0 Å². The van der Waals surface area contributed by atoms with Crippen LogP contribution in [0.4, 0.5) is 0 Å². The van der Waals surface area contributed by atoms with E-state index < -0.39 is 0 Å². The van der Waals surface area contributed by atoms with E-state index in [2.05, 4.69) is 20.8 Å². The van der Waals surface area contributed by atoms with Crippen molar-refractivity contribution in [2.24, 2.45) is 0 Å². The molecule has 0 aromatic rings. The van der Waals surface area contributed by atoms with E-state index in [-0.39, 0.29) is 15.4 Å². The van der Waals surface area contributed by atoms with Crippen LogP contribution in [0.15, 0.2) is 0 Å². The molecule has 0 amide bonds. The Kier molecular flexibility index (Phi) is 4.38. The van der Waals surface area contributed by atoms with Crippen LogP contribution in [0.5, 0.6) is 0 Å². The standard InChI is InChI=1S/C9H20O3Si/c1-9(2,3)12-13-5-4-10-6-8-7-11-8/h8H,4-7,13H2,1-3H3. The van der Waals surface area contributed by atoms with Gasteiger partial charge in [0, 0.05) is 12.2 Å². The summed E-state index contributed by atoms with van der Waals surface area (Å²) in [6, 6.07) is 1.10. The van der Waals surface area contributed by atoms with Crippen LogP contribution in [0.3, 0.4) is 0 Å². The molecule has 4 heteroatoms. The van der Waals surface area contributed by atoms with Crippen molar-refractivity contribution in [3.63, 3.8) is 0 Å². The molecule has 13 heavy (non-hydrogen) atoms. The average molecular weight is 204 g/mol. The lowest BCUT2D eigenvalue weighted by molar-refractivity contribution is 0.114. The maximum Gasteiger partial charge on any atom is 0.164 e. The SMILES string of the molecule is CC(C)(C)O[SiH2]CCOCC1CO1. The molecule has 0 aliphatic carbocycles. The maximum absolute atomic E-state index is 5.68. The zero-order chi connectivity index (χ0) is 9.73. The van der Waals surface area contributed by atoms with Crippen LogP contribution in [0.25, 0.3) is 0 Å². The van der Waals surface area contributed by atoms with E-state index in [4.69, 9.17) is 13.9 Å². The highest BCUT2D eigenvalue weighted by molar-refractivity contribution is 6.27. The van der Waals surface area contributed by atoms with Crippen molar-refractivity contribution in [1.29, 1.82) is 0 Å². The van der Waals surface area contributed by atoms with Crippen LogP contribution < -0.4 is 0 Å². The first-order valence-corrected chi connectivity index (χ1v) is 6.49. The summed E-state index contributed by atoms with van der Waals surface area (Å²) in [7, 11) is -0.383. The summed E-state index contributed by atoms with van der Waals surface area (Å²) in [4.78, 5) is 0. The molecule has 78 valence electrons. The first-order chi connectivity index (χ1) is 6.08. The van der Waals surface area contributed by atoms with Crippen LogP contribution in [0, 0.1) is 0 Å². The summed E-state index contributed by atoms with van der Waals surface area (Å²) in [5.74, 6) is 0. The zero-order valence-electron chi connectivity index (χ0n) is 8.84. The molecule has 0 aromatic carbocycles. The topological polar surface area (TPSA) is 31.0 Å². The second-order valence-electron chi connectivity index (χ2n) is 4.34. The average Bonchev–Trinajstić information content (AvgIpc) is 2.77. The van der Waals surface area contributed by atoms with Gasteiger partial charge in [-0.15, -0.1) is 0 Å². The van der Waals surface area contributed by atoms with Gasteiger partial charge in [-0.2, -0.15) is 0 Å². The lowest BCUT2D eigenvalue weighted by Crippen LogP contribution is -2.22. The minimum absolute atomic E-state index is 0.0336. The third kappa shape index (κ3) is 7.19. The third-order valence-corrected chi connectivity index (χ3v) is 3.32. The van der Waals surface area contributed by atoms with Crippen molar-refractivity contribution >= 4 is 9.76 Å². The summed E-state index contributed by atoms with van der Waals surface area (Å²) in [6.45, 7) is 8.78. The second kappa shape index (κ2) is 5.10. The quantitative estimate of drug-likeness (QED) is 0.363. The fourth-order valence-corrected chi connectivity index (χ4v) is 2.00. The van der Waals surface area contributed by atoms with E-state index in [1.54, 1.807) is 0 Å². The van der Waals surface area contributed by atoms with E-state index >= 15 is 0 Å². The fraction of sp³-hybridized carbons (Fsp3) is 1.00. The Bertz CT molecular complexity index is 140. The maximum atomic E-state index is 5.68. The number of hydrogen-bond donors (Lipinski definition) is 0. The largest absolute Gasteiger partial charge is 0.419 e. The van der Waals surface area contributed by atoms with Gasteiger partial charge >= 0.3 is 0 Å². The van der Waals surface area contributed by atoms with Crippen molar-refractivity contribution < 1.29 is 13.9 Å². The molecule has 1 unspecified atom stereocenters. The Balaban J connectivity index is 1.78. The normalized spacial score (nSPS) is 22.8. The smallest absolute Gasteiger partial charge is 0.164 e. The van der Waals surface area contributed by atoms with Gasteiger partial charge in [-0.05, 0) is 26.8 Å². The molecule has 0 aromatic heterocycles. The van der Waals surface area contributed by atoms with Gasteiger partial charge in [0.1, 0.15) is 6.10 Å². The molecule has 1 aliphatic rings. The molecular weight excluding hydrogens is 184 g/mol. The summed E-state index contributed by atoms with van der Waals surface area (Å²) < 4.78 is 16.1. The molecule has 1 heterocycles. The van der Waals surface area contributed by atoms with Gasteiger partial charge in [-0.25, -0.2) is 0 Å². The van der Waals surface area contributed by atoms with Crippen molar-refractivity contribution in [1.82, 2.24) is 0 Å². The fourth-order valence-electron chi connectivity index (χ4n) is 0.918. The molecule has 1 atom stereocenters. The van der Waals surface area contributed by atoms with Gasteiger partial charge in [-0.1, -0.05) is 0 Å². The lowest BCUT2D eigenvalue weighted by atomic mass is 10.2. The molecule has 1 saturated heterocycles. The Labute approximate surface area is 82.7 Å². The van der Waals surface area contributed by atoms with Crippen LogP contribution in [0.2, 0.25) is 6.04 Å². The Morgan fingerprint density at radius 1 is 1.46 bits per heavy atom. The zero-order valence-corrected chi connectivity index (χ0v) is 10.3. The summed E-state index contributed by atoms with van der Waals surface area (Å²) in [5.41, 5.74) is 0.0336. The Morgan fingerprint density at radius 3 is 2.69 bits per heavy atom. The van der Waals surface area contributed by atoms with E-state index in [0.29, 0.717) is 6.10 Å². The first kappa shape index (κ1) is 11.2. The van der Waals surface area contributed by atoms with Crippen molar-refractivity contribution in [3.05, 3.63) is 0 Å². The van der Waals surface area contributed by atoms with E-state index in [9.17, 15) is 0 Å². The molecule has 0 N–H and O–H groups in total. The highest BCUT2D eigenvalue weighted by atomic mass is 28.2. The van der Waals surface area contributed by atoms with Crippen LogP contribution in [-0.2, 0) is 13.9 Å². The molecule has 3 nitrogen and oxygen atoms in total. The van der Waals surface area contributed by atoms with Gasteiger partial charge in [0.25, 0.3) is 0 Å². The van der Waals surface area contributed by atoms with Crippen LogP contribution in [0.1, 0.15) is 20.8 Å². The summed E-state index contributed by atoms with van der Waals surface area (Å²) in [5, 5.41) is 0. The Hall–Kier alpha value is 0.0969. The highest BCUT2D eigenvalue weighted by Gasteiger charge is 2.21. The van der Waals surface area contributed by atoms with Crippen LogP contribution in [-0.4, -0.2) is 41.3 Å². The predicted molar refractivity (Wildman–Crippen MR) is 54.7 cm³/mol. The minimum atomic E-state index is -0.383.